The second-order valence-electron chi connectivity index (χ2n) is 6.09. The number of nitrogens with two attached hydrogens (primary N) is 2. The fourth-order valence-electron chi connectivity index (χ4n) is 3.20. The molecule has 1 heterocycles. The number of aromatic carboxylic acids is 1. The van der Waals surface area contributed by atoms with Gasteiger partial charge in [-0.1, -0.05) is 10.2 Å². The highest BCUT2D eigenvalue weighted by Gasteiger charge is 2.23. The van der Waals surface area contributed by atoms with Crippen LogP contribution in [0.25, 0.3) is 32.9 Å². The van der Waals surface area contributed by atoms with Gasteiger partial charge in [0.15, 0.2) is 0 Å². The monoisotopic (exact) mass is 364 g/mol. The SMILES string of the molecule is Nc1ccc2c(c1)c(-c1ccc(C(=O)O)cc1)[n+](Cl)c1cc(N)ccc21. The Hall–Kier alpha value is -3.31. The number of hydrogen-bond donors (Lipinski definition) is 3. The summed E-state index contributed by atoms with van der Waals surface area (Å²) in [6, 6.07) is 17.8. The van der Waals surface area contributed by atoms with E-state index in [-0.39, 0.29) is 5.56 Å². The summed E-state index contributed by atoms with van der Waals surface area (Å²) < 4.78 is 1.54. The molecule has 0 radical (unpaired) electrons. The number of carbonyl (C=O) groups is 1. The van der Waals surface area contributed by atoms with Crippen molar-refractivity contribution < 1.29 is 14.0 Å². The van der Waals surface area contributed by atoms with E-state index in [1.54, 1.807) is 28.4 Å². The van der Waals surface area contributed by atoms with Crippen LogP contribution in [0.3, 0.4) is 0 Å². The molecule has 0 aliphatic rings. The second-order valence-corrected chi connectivity index (χ2v) is 6.43. The molecule has 128 valence electrons. The minimum absolute atomic E-state index is 0.212. The van der Waals surface area contributed by atoms with E-state index in [1.807, 2.05) is 36.4 Å². The van der Waals surface area contributed by atoms with Gasteiger partial charge in [0, 0.05) is 28.4 Å². The quantitative estimate of drug-likeness (QED) is 0.372. The normalized spacial score (nSPS) is 11.1. The highest BCUT2D eigenvalue weighted by molar-refractivity contribution is 6.15. The van der Waals surface area contributed by atoms with Crippen LogP contribution < -0.4 is 15.6 Å². The number of aromatic nitrogens is 1. The number of hydrogen-bond acceptors (Lipinski definition) is 3. The summed E-state index contributed by atoms with van der Waals surface area (Å²) >= 11 is 6.69. The molecule has 0 unspecified atom stereocenters. The van der Waals surface area contributed by atoms with E-state index in [0.29, 0.717) is 11.4 Å². The summed E-state index contributed by atoms with van der Waals surface area (Å²) in [4.78, 5) is 11.1. The Morgan fingerprint density at radius 3 is 2.12 bits per heavy atom. The lowest BCUT2D eigenvalue weighted by Crippen LogP contribution is -2.25. The van der Waals surface area contributed by atoms with Crippen molar-refractivity contribution in [2.24, 2.45) is 0 Å². The lowest BCUT2D eigenvalue weighted by atomic mass is 9.98. The highest BCUT2D eigenvalue weighted by Crippen LogP contribution is 2.33. The van der Waals surface area contributed by atoms with Crippen LogP contribution >= 0.6 is 11.8 Å². The van der Waals surface area contributed by atoms with E-state index >= 15 is 0 Å². The van der Waals surface area contributed by atoms with Crippen molar-refractivity contribution in [1.29, 1.82) is 0 Å². The molecule has 6 heteroatoms. The smallest absolute Gasteiger partial charge is 0.335 e. The molecule has 3 aromatic carbocycles. The molecular formula is C20H15ClN3O2+. The lowest BCUT2D eigenvalue weighted by Gasteiger charge is -2.09. The molecule has 4 rings (SSSR count). The third kappa shape index (κ3) is 2.50. The van der Waals surface area contributed by atoms with Gasteiger partial charge >= 0.3 is 5.97 Å². The molecule has 0 aliphatic carbocycles. The molecule has 0 fully saturated rings. The highest BCUT2D eigenvalue weighted by atomic mass is 35.5. The number of nitrogens with zero attached hydrogens (tertiary/aromatic N) is 1. The standard InChI is InChI=1S/C20H14ClN3O2/c21-24-18-10-14(23)6-8-16(18)15-7-5-13(22)9-17(15)19(24)11-1-3-12(4-2-11)20(25)26/h1-10,23H,22H2,(H,25,26)/p+1. The third-order valence-corrected chi connectivity index (χ3v) is 4.77. The molecule has 0 atom stereocenters. The van der Waals surface area contributed by atoms with Gasteiger partial charge in [0.2, 0.25) is 11.2 Å². The predicted octanol–water partition coefficient (Wildman–Crippen LogP) is 3.81. The van der Waals surface area contributed by atoms with Gasteiger partial charge < -0.3 is 16.6 Å². The maximum atomic E-state index is 11.1. The first-order chi connectivity index (χ1) is 12.5. The molecular weight excluding hydrogens is 350 g/mol. The summed E-state index contributed by atoms with van der Waals surface area (Å²) in [6.07, 6.45) is 0. The number of fused-ring (bicyclic) bond motifs is 3. The molecule has 26 heavy (non-hydrogen) atoms. The van der Waals surface area contributed by atoms with Gasteiger partial charge in [-0.05, 0) is 48.5 Å². The maximum absolute atomic E-state index is 11.1. The fourth-order valence-corrected chi connectivity index (χ4v) is 3.53. The zero-order valence-corrected chi connectivity index (χ0v) is 14.4. The van der Waals surface area contributed by atoms with Crippen LogP contribution in [0, 0.1) is 0 Å². The maximum Gasteiger partial charge on any atom is 0.335 e. The zero-order valence-electron chi connectivity index (χ0n) is 13.6. The van der Waals surface area contributed by atoms with Crippen molar-refractivity contribution in [1.82, 2.24) is 0 Å². The van der Waals surface area contributed by atoms with Gasteiger partial charge in [0.05, 0.1) is 16.3 Å². The van der Waals surface area contributed by atoms with Gasteiger partial charge in [0.1, 0.15) is 0 Å². The Morgan fingerprint density at radius 2 is 1.46 bits per heavy atom. The number of carboxylic acid groups (broad SMARTS) is 1. The number of pyridine rings is 1. The van der Waals surface area contributed by atoms with E-state index in [9.17, 15) is 4.79 Å². The third-order valence-electron chi connectivity index (χ3n) is 4.42. The van der Waals surface area contributed by atoms with Crippen molar-refractivity contribution >= 4 is 50.8 Å². The lowest BCUT2D eigenvalue weighted by molar-refractivity contribution is -0.474. The van der Waals surface area contributed by atoms with Crippen molar-refractivity contribution in [3.05, 3.63) is 66.2 Å². The topological polar surface area (TPSA) is 93.2 Å². The van der Waals surface area contributed by atoms with Gasteiger partial charge in [-0.3, -0.25) is 0 Å². The average Bonchev–Trinajstić information content (AvgIpc) is 2.62. The van der Waals surface area contributed by atoms with Crippen LogP contribution in [0.2, 0.25) is 0 Å². The zero-order chi connectivity index (χ0) is 18.4. The molecule has 0 saturated heterocycles. The first-order valence-corrected chi connectivity index (χ1v) is 8.26. The molecule has 1 aromatic heterocycles. The van der Waals surface area contributed by atoms with E-state index in [2.05, 4.69) is 0 Å². The minimum atomic E-state index is -0.976. The molecule has 5 nitrogen and oxygen atoms in total. The van der Waals surface area contributed by atoms with E-state index in [0.717, 1.165) is 32.9 Å². The Balaban J connectivity index is 2.13. The van der Waals surface area contributed by atoms with Gasteiger partial charge in [-0.2, -0.15) is 0 Å². The van der Waals surface area contributed by atoms with Gasteiger partial charge in [0.25, 0.3) is 11.8 Å². The molecule has 4 aromatic rings. The molecule has 0 saturated carbocycles. The van der Waals surface area contributed by atoms with E-state index in [4.69, 9.17) is 28.4 Å². The van der Waals surface area contributed by atoms with Crippen LogP contribution in [0.4, 0.5) is 11.4 Å². The largest absolute Gasteiger partial charge is 0.478 e. The number of nitrogen functional groups attached to an aromatic ring is 2. The molecule has 0 bridgehead atoms. The Labute approximate surface area is 154 Å². The molecule has 5 N–H and O–H groups in total. The van der Waals surface area contributed by atoms with Crippen molar-refractivity contribution in [2.75, 3.05) is 11.5 Å². The predicted molar refractivity (Wildman–Crippen MR) is 104 cm³/mol. The molecule has 0 aliphatic heterocycles. The first kappa shape index (κ1) is 16.2. The van der Waals surface area contributed by atoms with Crippen molar-refractivity contribution in [2.45, 2.75) is 0 Å². The number of benzene rings is 3. The second kappa shape index (κ2) is 5.89. The van der Waals surface area contributed by atoms with Crippen LogP contribution in [0.1, 0.15) is 10.4 Å². The Bertz CT molecular complexity index is 1190. The fraction of sp³-hybridized carbons (Fsp3) is 0. The summed E-state index contributed by atoms with van der Waals surface area (Å²) in [6.45, 7) is 0. The van der Waals surface area contributed by atoms with Gasteiger partial charge in [-0.25, -0.2) is 4.79 Å². The number of rotatable bonds is 2. The van der Waals surface area contributed by atoms with Crippen LogP contribution in [-0.4, -0.2) is 11.1 Å². The van der Waals surface area contributed by atoms with Crippen LogP contribution in [-0.2, 0) is 0 Å². The van der Waals surface area contributed by atoms with Crippen LogP contribution in [0.5, 0.6) is 0 Å². The van der Waals surface area contributed by atoms with E-state index in [1.165, 1.54) is 0 Å². The van der Waals surface area contributed by atoms with E-state index < -0.39 is 5.97 Å². The first-order valence-electron chi connectivity index (χ1n) is 7.92. The van der Waals surface area contributed by atoms with Crippen molar-refractivity contribution in [3.8, 4) is 11.3 Å². The number of anilines is 2. The minimum Gasteiger partial charge on any atom is -0.478 e. The molecule has 0 spiro atoms. The summed E-state index contributed by atoms with van der Waals surface area (Å²) in [5, 5.41) is 11.9. The van der Waals surface area contributed by atoms with Crippen LogP contribution in [0.15, 0.2) is 60.7 Å². The summed E-state index contributed by atoms with van der Waals surface area (Å²) in [5.41, 5.74) is 15.7. The Morgan fingerprint density at radius 1 is 0.846 bits per heavy atom. The number of carboxylic acids is 1. The Kier molecular flexibility index (Phi) is 3.67. The van der Waals surface area contributed by atoms with Gasteiger partial charge in [-0.15, -0.1) is 0 Å². The summed E-state index contributed by atoms with van der Waals surface area (Å²) in [5.74, 6) is -0.976. The number of halogens is 1. The summed E-state index contributed by atoms with van der Waals surface area (Å²) in [7, 11) is 0. The average molecular weight is 365 g/mol. The molecule has 0 amide bonds. The van der Waals surface area contributed by atoms with Crippen molar-refractivity contribution in [3.63, 3.8) is 0 Å².